The van der Waals surface area contributed by atoms with Crippen molar-refractivity contribution in [2.45, 2.75) is 0 Å². The molecule has 7 aromatic carbocycles. The van der Waals surface area contributed by atoms with Crippen LogP contribution < -0.4 is 25.5 Å². The molecule has 0 atom stereocenters. The molecule has 0 bridgehead atoms. The van der Waals surface area contributed by atoms with Crippen molar-refractivity contribution < 1.29 is 30.5 Å². The maximum absolute atomic E-state index is 6.89. The summed E-state index contributed by atoms with van der Waals surface area (Å²) in [5.41, 5.74) is 10.4. The van der Waals surface area contributed by atoms with Gasteiger partial charge in [-0.2, -0.15) is 12.1 Å². The molecule has 280 valence electrons. The third kappa shape index (κ3) is 6.16. The number of nitrogens with zero attached hydrogens (tertiary/aromatic N) is 4. The van der Waals surface area contributed by atoms with Gasteiger partial charge in [-0.15, -0.1) is 41.8 Å². The topological polar surface area (TPSA) is 42.8 Å². The molecule has 0 amide bonds. The Morgan fingerprint density at radius 1 is 0.603 bits per heavy atom. The fraction of sp³-hybridized carbons (Fsp3) is 0. The van der Waals surface area contributed by atoms with Gasteiger partial charge in [-0.1, -0.05) is 145 Å². The van der Waals surface area contributed by atoms with E-state index >= 15 is 0 Å². The molecule has 0 saturated carbocycles. The summed E-state index contributed by atoms with van der Waals surface area (Å²) in [6, 6.07) is 67.5. The van der Waals surface area contributed by atoms with Gasteiger partial charge in [-0.3, -0.25) is 0 Å². The number of para-hydroxylation sites is 2. The summed E-state index contributed by atoms with van der Waals surface area (Å²) >= 11 is 0. The third-order valence-corrected chi connectivity index (χ3v) is 10.6. The third-order valence-electron chi connectivity index (χ3n) is 10.6. The van der Waals surface area contributed by atoms with Crippen molar-refractivity contribution in [1.29, 1.82) is 0 Å². The predicted octanol–water partition coefficient (Wildman–Crippen LogP) is 10.3. The van der Waals surface area contributed by atoms with Crippen LogP contribution in [0.5, 0.6) is 11.5 Å². The Labute approximate surface area is 351 Å². The number of hydrogen-bond acceptors (Lipinski definition) is 5. The Bertz CT molecular complexity index is 2900. The van der Waals surface area contributed by atoms with Crippen molar-refractivity contribution in [2.24, 2.45) is 0 Å². The number of anilines is 2. The summed E-state index contributed by atoms with van der Waals surface area (Å²) in [6.45, 7) is 1.74. The van der Waals surface area contributed by atoms with Crippen LogP contribution in [0.25, 0.3) is 49.9 Å². The molecule has 58 heavy (non-hydrogen) atoms. The number of fused-ring (bicyclic) bond motifs is 6. The monoisotopic (exact) mass is 926 g/mol. The van der Waals surface area contributed by atoms with Crippen LogP contribution in [0, 0.1) is 18.8 Å². The first-order chi connectivity index (χ1) is 28.3. The summed E-state index contributed by atoms with van der Waals surface area (Å²) in [5.74, 6) is 2.67. The van der Waals surface area contributed by atoms with Crippen molar-refractivity contribution in [3.8, 4) is 39.6 Å². The number of ether oxygens (including phenoxy) is 1. The van der Waals surface area contributed by atoms with E-state index in [9.17, 15) is 0 Å². The molecule has 11 rings (SSSR count). The van der Waals surface area contributed by atoms with Crippen LogP contribution in [0.2, 0.25) is 0 Å². The Hall–Kier alpha value is -6.82. The van der Waals surface area contributed by atoms with Gasteiger partial charge in [-0.05, 0) is 40.2 Å². The molecular weight excluding hydrogens is 894 g/mol. The molecule has 0 radical (unpaired) electrons. The molecule has 2 aliphatic rings. The molecule has 6 nitrogen and oxygen atoms in total. The van der Waals surface area contributed by atoms with Gasteiger partial charge < -0.3 is 23.8 Å². The maximum atomic E-state index is 6.89. The van der Waals surface area contributed by atoms with E-state index in [1.807, 2.05) is 54.7 Å². The fourth-order valence-electron chi connectivity index (χ4n) is 8.08. The predicted molar refractivity (Wildman–Crippen MR) is 230 cm³/mol. The van der Waals surface area contributed by atoms with Gasteiger partial charge in [0.05, 0.1) is 0 Å². The summed E-state index contributed by atoms with van der Waals surface area (Å²) < 4.78 is 15.7. The smallest absolute Gasteiger partial charge is 0.359 e. The molecule has 0 unspecified atom stereocenters. The molecular formula is C50H32BN4O2Pt-3. The molecule has 2 aliphatic heterocycles. The zero-order valence-electron chi connectivity index (χ0n) is 31.0. The van der Waals surface area contributed by atoms with Crippen LogP contribution in [0.1, 0.15) is 0 Å². The van der Waals surface area contributed by atoms with E-state index in [1.165, 1.54) is 0 Å². The molecule has 0 fully saturated rings. The molecule has 9 aromatic rings. The first kappa shape index (κ1) is 35.6. The van der Waals surface area contributed by atoms with Gasteiger partial charge in [0.1, 0.15) is 5.82 Å². The van der Waals surface area contributed by atoms with Crippen LogP contribution in [-0.4, -0.2) is 16.5 Å². The minimum atomic E-state index is -0.350. The Morgan fingerprint density at radius 2 is 1.26 bits per heavy atom. The molecule has 2 aromatic heterocycles. The molecule has 8 heteroatoms. The Balaban J connectivity index is 0.00000408. The van der Waals surface area contributed by atoms with Gasteiger partial charge in [-0.25, -0.2) is 4.98 Å². The quantitative estimate of drug-likeness (QED) is 0.118. The molecule has 0 spiro atoms. The van der Waals surface area contributed by atoms with Crippen molar-refractivity contribution in [3.05, 3.63) is 213 Å². The second-order valence-electron chi connectivity index (χ2n) is 14.1. The Morgan fingerprint density at radius 3 is 1.98 bits per heavy atom. The van der Waals surface area contributed by atoms with Gasteiger partial charge in [0, 0.05) is 67.3 Å². The fourth-order valence-corrected chi connectivity index (χ4v) is 8.08. The van der Waals surface area contributed by atoms with Crippen molar-refractivity contribution >= 4 is 51.0 Å². The first-order valence-corrected chi connectivity index (χ1v) is 19.0. The van der Waals surface area contributed by atoms with Crippen molar-refractivity contribution in [3.63, 3.8) is 0 Å². The van der Waals surface area contributed by atoms with E-state index in [4.69, 9.17) is 9.39 Å². The minimum absolute atomic E-state index is 0. The van der Waals surface area contributed by atoms with E-state index < -0.39 is 0 Å². The van der Waals surface area contributed by atoms with Gasteiger partial charge >= 0.3 is 6.92 Å². The second kappa shape index (κ2) is 14.9. The average Bonchev–Trinajstić information content (AvgIpc) is 3.86. The molecule has 0 aliphatic carbocycles. The summed E-state index contributed by atoms with van der Waals surface area (Å²) in [7, 11) is 0. The van der Waals surface area contributed by atoms with Gasteiger partial charge in [0.15, 0.2) is 5.88 Å². The molecule has 4 heterocycles. The summed E-state index contributed by atoms with van der Waals surface area (Å²) in [6.07, 6.45) is 3.89. The van der Waals surface area contributed by atoms with E-state index in [0.29, 0.717) is 17.4 Å². The van der Waals surface area contributed by atoms with E-state index in [0.717, 1.165) is 72.2 Å². The first-order valence-electron chi connectivity index (χ1n) is 19.0. The van der Waals surface area contributed by atoms with Crippen LogP contribution in [-0.2, 0) is 25.7 Å². The minimum Gasteiger partial charge on any atom is -0.553 e. The SMILES string of the molecule is [Pt].[c-]1c(Oc2[c-]c3c(cc2)c2ccccc2n3-c2ccccn2)ccc2c1N1[CH-]N(c3c(-c4ccccc4)cccc3-c3ccccc3)C=C1OB2c1ccccc1. The standard InChI is InChI=1S/C50H32BN4O2.Pt/c1-4-15-35(16-5-1)40-22-14-23-41(36-17-6-2-7-18-36)50(40)53-33-49-54(34-53)47-32-39(27-29-44(47)51(57-49)37-19-8-3-9-20-37)56-38-26-28-43-42-21-10-11-24-45(42)55(46(43)31-38)48-25-12-13-30-52-48;/h1-30,33-34H;/q-3;. The van der Waals surface area contributed by atoms with Crippen molar-refractivity contribution in [2.75, 3.05) is 9.80 Å². The number of rotatable bonds is 7. The Kier molecular flexibility index (Phi) is 9.16. The molecule has 0 saturated heterocycles. The molecule has 0 N–H and O–H groups in total. The maximum Gasteiger partial charge on any atom is 0.359 e. The zero-order valence-corrected chi connectivity index (χ0v) is 33.2. The number of hydrogen-bond donors (Lipinski definition) is 0. The van der Waals surface area contributed by atoms with Crippen LogP contribution in [0.3, 0.4) is 0 Å². The van der Waals surface area contributed by atoms with E-state index in [2.05, 4.69) is 172 Å². The average molecular weight is 927 g/mol. The second-order valence-corrected chi connectivity index (χ2v) is 14.1. The normalized spacial score (nSPS) is 13.1. The van der Waals surface area contributed by atoms with E-state index in [1.54, 1.807) is 0 Å². The number of pyridine rings is 1. The van der Waals surface area contributed by atoms with Crippen LogP contribution >= 0.6 is 0 Å². The number of benzene rings is 7. The summed E-state index contributed by atoms with van der Waals surface area (Å²) in [5, 5.41) is 2.21. The summed E-state index contributed by atoms with van der Waals surface area (Å²) in [4.78, 5) is 8.94. The van der Waals surface area contributed by atoms with Crippen LogP contribution in [0.4, 0.5) is 11.4 Å². The van der Waals surface area contributed by atoms with Crippen LogP contribution in [0.15, 0.2) is 194 Å². The number of aromatic nitrogens is 2. The zero-order chi connectivity index (χ0) is 37.7. The van der Waals surface area contributed by atoms with E-state index in [-0.39, 0.29) is 28.0 Å². The van der Waals surface area contributed by atoms with Crippen molar-refractivity contribution in [1.82, 2.24) is 9.55 Å². The van der Waals surface area contributed by atoms with Gasteiger partial charge in [0.25, 0.3) is 0 Å². The van der Waals surface area contributed by atoms with Gasteiger partial charge in [0.2, 0.25) is 0 Å². The largest absolute Gasteiger partial charge is 0.553 e.